The minimum atomic E-state index is -4.37. The smallest absolute Gasteiger partial charge is 0.366 e. The molecule has 30 heavy (non-hydrogen) atoms. The van der Waals surface area contributed by atoms with Crippen LogP contribution in [0, 0.1) is 0 Å². The lowest BCUT2D eigenvalue weighted by atomic mass is 10.1. The normalized spacial score (nSPS) is 16.9. The molecule has 0 atom stereocenters. The van der Waals surface area contributed by atoms with Crippen molar-refractivity contribution < 1.29 is 26.4 Å². The topological polar surface area (TPSA) is 83.7 Å². The van der Waals surface area contributed by atoms with Crippen molar-refractivity contribution in [2.24, 2.45) is 5.73 Å². The summed E-state index contributed by atoms with van der Waals surface area (Å²) in [4.78, 5) is 13.4. The van der Waals surface area contributed by atoms with E-state index < -0.39 is 27.7 Å². The first-order valence-corrected chi connectivity index (χ1v) is 10.8. The molecule has 1 amide bonds. The molecule has 2 aromatic carbocycles. The summed E-state index contributed by atoms with van der Waals surface area (Å²) in [6.07, 6.45) is -3.79. The minimum Gasteiger partial charge on any atom is -0.366 e. The third-order valence-corrected chi connectivity index (χ3v) is 6.89. The quantitative estimate of drug-likeness (QED) is 0.773. The van der Waals surface area contributed by atoms with E-state index in [1.165, 1.54) is 40.7 Å². The first-order chi connectivity index (χ1) is 14.1. The molecule has 0 radical (unpaired) electrons. The number of amides is 1. The van der Waals surface area contributed by atoms with Gasteiger partial charge in [-0.15, -0.1) is 0 Å². The lowest BCUT2D eigenvalue weighted by molar-refractivity contribution is -0.137. The fourth-order valence-corrected chi connectivity index (χ4v) is 4.88. The van der Waals surface area contributed by atoms with Gasteiger partial charge in [0.1, 0.15) is 0 Å². The van der Waals surface area contributed by atoms with Crippen LogP contribution in [-0.2, 0) is 22.7 Å². The molecular weight excluding hydrogens is 419 g/mol. The van der Waals surface area contributed by atoms with Crippen molar-refractivity contribution in [3.63, 3.8) is 0 Å². The second kappa shape index (κ2) is 8.75. The number of nitrogens with zero attached hydrogens (tertiary/aromatic N) is 2. The van der Waals surface area contributed by atoms with Gasteiger partial charge in [-0.2, -0.15) is 17.5 Å². The Morgan fingerprint density at radius 3 is 2.33 bits per heavy atom. The summed E-state index contributed by atoms with van der Waals surface area (Å²) in [5.41, 5.74) is 5.39. The number of alkyl halides is 3. The summed E-state index contributed by atoms with van der Waals surface area (Å²) in [5.74, 6) is -0.703. The third kappa shape index (κ3) is 5.18. The minimum absolute atomic E-state index is 0.00925. The van der Waals surface area contributed by atoms with Gasteiger partial charge in [0.05, 0.1) is 10.5 Å². The maximum absolute atomic E-state index is 13.0. The average Bonchev–Trinajstić information content (AvgIpc) is 2.94. The van der Waals surface area contributed by atoms with Gasteiger partial charge in [-0.1, -0.05) is 18.2 Å². The summed E-state index contributed by atoms with van der Waals surface area (Å²) in [5, 5.41) is 0. The van der Waals surface area contributed by atoms with Gasteiger partial charge in [-0.25, -0.2) is 8.42 Å². The average molecular weight is 441 g/mol. The molecule has 10 heteroatoms. The summed E-state index contributed by atoms with van der Waals surface area (Å²) >= 11 is 0. The van der Waals surface area contributed by atoms with Crippen molar-refractivity contribution in [3.05, 3.63) is 65.2 Å². The number of hydrogen-bond acceptors (Lipinski definition) is 4. The van der Waals surface area contributed by atoms with E-state index in [0.29, 0.717) is 32.6 Å². The lowest BCUT2D eigenvalue weighted by Crippen LogP contribution is -2.35. The van der Waals surface area contributed by atoms with Crippen molar-refractivity contribution >= 4 is 15.9 Å². The van der Waals surface area contributed by atoms with Gasteiger partial charge >= 0.3 is 6.18 Å². The highest BCUT2D eigenvalue weighted by atomic mass is 32.2. The fourth-order valence-electron chi connectivity index (χ4n) is 3.36. The first kappa shape index (κ1) is 22.3. The molecule has 0 aromatic heterocycles. The van der Waals surface area contributed by atoms with E-state index in [4.69, 9.17) is 5.73 Å². The van der Waals surface area contributed by atoms with Gasteiger partial charge in [-0.05, 0) is 48.9 Å². The van der Waals surface area contributed by atoms with Crippen molar-refractivity contribution in [1.82, 2.24) is 9.21 Å². The fraction of sp³-hybridized carbons (Fsp3) is 0.350. The van der Waals surface area contributed by atoms with Crippen LogP contribution in [0.2, 0.25) is 0 Å². The summed E-state index contributed by atoms with van der Waals surface area (Å²) in [6, 6.07) is 10.6. The second-order valence-electron chi connectivity index (χ2n) is 7.12. The van der Waals surface area contributed by atoms with Crippen molar-refractivity contribution in [2.75, 3.05) is 26.2 Å². The highest BCUT2D eigenvalue weighted by Crippen LogP contribution is 2.29. The Hall–Kier alpha value is -2.43. The Bertz CT molecular complexity index is 1010. The molecule has 1 heterocycles. The van der Waals surface area contributed by atoms with Crippen molar-refractivity contribution in [1.29, 1.82) is 0 Å². The molecule has 0 spiro atoms. The predicted molar refractivity (Wildman–Crippen MR) is 105 cm³/mol. The van der Waals surface area contributed by atoms with E-state index in [0.717, 1.165) is 17.7 Å². The summed E-state index contributed by atoms with van der Waals surface area (Å²) in [7, 11) is -3.79. The monoisotopic (exact) mass is 441 g/mol. The predicted octanol–water partition coefficient (Wildman–Crippen LogP) is 2.70. The third-order valence-electron chi connectivity index (χ3n) is 4.99. The zero-order chi connectivity index (χ0) is 21.9. The maximum Gasteiger partial charge on any atom is 0.416 e. The number of nitrogens with two attached hydrogens (primary N) is 1. The Morgan fingerprint density at radius 2 is 1.70 bits per heavy atom. The van der Waals surface area contributed by atoms with Crippen LogP contribution in [0.15, 0.2) is 53.4 Å². The Morgan fingerprint density at radius 1 is 1.00 bits per heavy atom. The zero-order valence-corrected chi connectivity index (χ0v) is 16.9. The maximum atomic E-state index is 13.0. The molecule has 3 rings (SSSR count). The molecule has 1 aliphatic heterocycles. The number of primary amides is 1. The molecule has 6 nitrogen and oxygen atoms in total. The van der Waals surface area contributed by atoms with Crippen molar-refractivity contribution in [2.45, 2.75) is 24.0 Å². The summed E-state index contributed by atoms with van der Waals surface area (Å²) < 4.78 is 65.4. The Kier molecular flexibility index (Phi) is 6.49. The van der Waals surface area contributed by atoms with Gasteiger partial charge in [0.15, 0.2) is 0 Å². The number of carbonyl (C=O) groups excluding carboxylic acids is 1. The van der Waals surface area contributed by atoms with E-state index in [2.05, 4.69) is 0 Å². The standard InChI is InChI=1S/C20H22F3N3O3S/c21-20(22,23)17-7-5-15(6-8-17)14-25-9-2-10-26(12-11-25)30(28,29)18-4-1-3-16(13-18)19(24)27/h1,3-8,13H,2,9-12,14H2,(H2,24,27). The van der Waals surface area contributed by atoms with E-state index in [9.17, 15) is 26.4 Å². The molecule has 1 saturated heterocycles. The molecule has 0 bridgehead atoms. The largest absolute Gasteiger partial charge is 0.416 e. The number of rotatable bonds is 5. The highest BCUT2D eigenvalue weighted by molar-refractivity contribution is 7.89. The van der Waals surface area contributed by atoms with Crippen LogP contribution in [0.1, 0.15) is 27.9 Å². The zero-order valence-electron chi connectivity index (χ0n) is 16.1. The Balaban J connectivity index is 1.67. The number of hydrogen-bond donors (Lipinski definition) is 1. The molecule has 162 valence electrons. The van der Waals surface area contributed by atoms with Crippen LogP contribution >= 0.6 is 0 Å². The first-order valence-electron chi connectivity index (χ1n) is 9.36. The molecule has 0 aliphatic carbocycles. The van der Waals surface area contributed by atoms with Crippen LogP contribution < -0.4 is 5.73 Å². The molecule has 2 N–H and O–H groups in total. The lowest BCUT2D eigenvalue weighted by Gasteiger charge is -2.22. The van der Waals surface area contributed by atoms with Crippen LogP contribution in [-0.4, -0.2) is 49.7 Å². The molecule has 1 aliphatic rings. The van der Waals surface area contributed by atoms with E-state index >= 15 is 0 Å². The Labute approximate surface area is 173 Å². The second-order valence-corrected chi connectivity index (χ2v) is 9.06. The van der Waals surface area contributed by atoms with Crippen LogP contribution in [0.3, 0.4) is 0 Å². The number of halogens is 3. The van der Waals surface area contributed by atoms with Gasteiger partial charge in [-0.3, -0.25) is 9.69 Å². The van der Waals surface area contributed by atoms with Crippen LogP contribution in [0.5, 0.6) is 0 Å². The van der Waals surface area contributed by atoms with Crippen molar-refractivity contribution in [3.8, 4) is 0 Å². The van der Waals surface area contributed by atoms with Gasteiger partial charge in [0.2, 0.25) is 15.9 Å². The van der Waals surface area contributed by atoms with Crippen LogP contribution in [0.4, 0.5) is 13.2 Å². The molecule has 0 saturated carbocycles. The van der Waals surface area contributed by atoms with Gasteiger partial charge in [0.25, 0.3) is 0 Å². The molecular formula is C20H22F3N3O3S. The van der Waals surface area contributed by atoms with Gasteiger partial charge < -0.3 is 5.73 Å². The van der Waals surface area contributed by atoms with Crippen LogP contribution in [0.25, 0.3) is 0 Å². The summed E-state index contributed by atoms with van der Waals surface area (Å²) in [6.45, 7) is 2.05. The molecule has 1 fully saturated rings. The number of carbonyl (C=O) groups is 1. The SMILES string of the molecule is NC(=O)c1cccc(S(=O)(=O)N2CCCN(Cc3ccc(C(F)(F)F)cc3)CC2)c1. The molecule has 0 unspecified atom stereocenters. The highest BCUT2D eigenvalue weighted by Gasteiger charge is 2.30. The van der Waals surface area contributed by atoms with E-state index in [1.54, 1.807) is 0 Å². The van der Waals surface area contributed by atoms with E-state index in [1.807, 2.05) is 4.90 Å². The molecule has 2 aromatic rings. The van der Waals surface area contributed by atoms with Gasteiger partial charge in [0, 0.05) is 31.7 Å². The van der Waals surface area contributed by atoms with E-state index in [-0.39, 0.29) is 17.0 Å². The number of sulfonamides is 1. The number of benzene rings is 2.